The molecule has 0 saturated heterocycles. The lowest BCUT2D eigenvalue weighted by atomic mass is 10.2. The molecule has 1 unspecified atom stereocenters. The van der Waals surface area contributed by atoms with E-state index in [-0.39, 0.29) is 16.7 Å². The third-order valence-corrected chi connectivity index (χ3v) is 6.42. The molecule has 0 saturated carbocycles. The average molecular weight is 424 g/mol. The summed E-state index contributed by atoms with van der Waals surface area (Å²) in [7, 11) is 1.64. The largest absolute Gasteiger partial charge is 0.385 e. The molecule has 1 aliphatic rings. The summed E-state index contributed by atoms with van der Waals surface area (Å²) in [6.07, 6.45) is 1.57. The van der Waals surface area contributed by atoms with E-state index in [9.17, 15) is 9.59 Å². The molecule has 156 valence electrons. The second kappa shape index (κ2) is 9.02. The molecular weight excluding hydrogens is 398 g/mol. The molecule has 3 aromatic rings. The summed E-state index contributed by atoms with van der Waals surface area (Å²) in [5, 5.41) is 0.799. The zero-order valence-corrected chi connectivity index (χ0v) is 18.0. The van der Waals surface area contributed by atoms with Gasteiger partial charge in [0.1, 0.15) is 0 Å². The number of benzene rings is 2. The summed E-state index contributed by atoms with van der Waals surface area (Å²) in [5.74, 6) is 0.0378. The molecule has 1 aromatic heterocycles. The molecule has 2 heterocycles. The van der Waals surface area contributed by atoms with Crippen molar-refractivity contribution in [2.45, 2.75) is 36.7 Å². The van der Waals surface area contributed by atoms with E-state index in [1.54, 1.807) is 17.7 Å². The molecule has 6 nitrogen and oxygen atoms in total. The van der Waals surface area contributed by atoms with E-state index in [1.807, 2.05) is 48.2 Å². The SMILES string of the molecule is COCCCn1c(SC(C)C(=O)N2CCc3ccccc32)nc2ccccc2c1=O. The zero-order chi connectivity index (χ0) is 21.1. The number of fused-ring (bicyclic) bond motifs is 2. The van der Waals surface area contributed by atoms with Crippen LogP contribution in [-0.2, 0) is 22.5 Å². The molecule has 4 rings (SSSR count). The number of methoxy groups -OCH3 is 1. The molecule has 0 radical (unpaired) electrons. The Morgan fingerprint density at radius 3 is 2.80 bits per heavy atom. The maximum absolute atomic E-state index is 13.2. The number of rotatable bonds is 7. The van der Waals surface area contributed by atoms with Crippen molar-refractivity contribution >= 4 is 34.3 Å². The van der Waals surface area contributed by atoms with Gasteiger partial charge in [0.05, 0.1) is 16.2 Å². The molecule has 0 spiro atoms. The van der Waals surface area contributed by atoms with E-state index in [0.29, 0.717) is 42.2 Å². The minimum atomic E-state index is -0.363. The van der Waals surface area contributed by atoms with Crippen molar-refractivity contribution in [3.63, 3.8) is 0 Å². The summed E-state index contributed by atoms with van der Waals surface area (Å²) in [5.41, 5.74) is 2.76. The number of carbonyl (C=O) groups excluding carboxylic acids is 1. The van der Waals surface area contributed by atoms with Crippen LogP contribution in [-0.4, -0.2) is 41.0 Å². The molecule has 0 bridgehead atoms. The average Bonchev–Trinajstić information content (AvgIpc) is 3.19. The van der Waals surface area contributed by atoms with Crippen LogP contribution in [0.2, 0.25) is 0 Å². The fraction of sp³-hybridized carbons (Fsp3) is 0.348. The lowest BCUT2D eigenvalue weighted by molar-refractivity contribution is -0.117. The third-order valence-electron chi connectivity index (χ3n) is 5.34. The minimum Gasteiger partial charge on any atom is -0.385 e. The number of nitrogens with zero attached hydrogens (tertiary/aromatic N) is 3. The standard InChI is InChI=1S/C23H25N3O3S/c1-16(21(27)25-14-12-17-8-3-6-11-20(17)25)30-23-24-19-10-5-4-9-18(19)22(28)26(23)13-7-15-29-2/h3-6,8-11,16H,7,12-15H2,1-2H3. The Kier molecular flexibility index (Phi) is 6.20. The van der Waals surface area contributed by atoms with Gasteiger partial charge in [-0.2, -0.15) is 0 Å². The predicted molar refractivity (Wildman–Crippen MR) is 120 cm³/mol. The molecule has 7 heteroatoms. The lowest BCUT2D eigenvalue weighted by Gasteiger charge is -2.22. The van der Waals surface area contributed by atoms with Gasteiger partial charge in [0.15, 0.2) is 5.16 Å². The van der Waals surface area contributed by atoms with Crippen LogP contribution in [0.5, 0.6) is 0 Å². The zero-order valence-electron chi connectivity index (χ0n) is 17.2. The topological polar surface area (TPSA) is 64.4 Å². The molecule has 0 aliphatic carbocycles. The van der Waals surface area contributed by atoms with Crippen molar-refractivity contribution in [2.75, 3.05) is 25.2 Å². The van der Waals surface area contributed by atoms with Crippen LogP contribution in [0.25, 0.3) is 10.9 Å². The van der Waals surface area contributed by atoms with Crippen LogP contribution < -0.4 is 10.5 Å². The summed E-state index contributed by atoms with van der Waals surface area (Å²) >= 11 is 1.35. The van der Waals surface area contributed by atoms with Crippen LogP contribution in [0, 0.1) is 0 Å². The van der Waals surface area contributed by atoms with E-state index < -0.39 is 0 Å². The first kappa shape index (κ1) is 20.6. The van der Waals surface area contributed by atoms with E-state index in [4.69, 9.17) is 9.72 Å². The van der Waals surface area contributed by atoms with Gasteiger partial charge in [-0.25, -0.2) is 4.98 Å². The van der Waals surface area contributed by atoms with Gasteiger partial charge in [-0.05, 0) is 43.5 Å². The first-order chi connectivity index (χ1) is 14.6. The smallest absolute Gasteiger partial charge is 0.262 e. The molecule has 0 N–H and O–H groups in total. The molecule has 0 fully saturated rings. The van der Waals surface area contributed by atoms with Crippen molar-refractivity contribution < 1.29 is 9.53 Å². The fourth-order valence-corrected chi connectivity index (χ4v) is 4.79. The Balaban J connectivity index is 1.63. The maximum Gasteiger partial charge on any atom is 0.262 e. The third kappa shape index (κ3) is 4.00. The maximum atomic E-state index is 13.2. The van der Waals surface area contributed by atoms with Gasteiger partial charge in [0, 0.05) is 32.5 Å². The van der Waals surface area contributed by atoms with Gasteiger partial charge in [-0.3, -0.25) is 14.2 Å². The summed E-state index contributed by atoms with van der Waals surface area (Å²) in [6, 6.07) is 15.4. The normalized spacial score (nSPS) is 14.1. The summed E-state index contributed by atoms with van der Waals surface area (Å²) in [4.78, 5) is 32.9. The number of ether oxygens (including phenoxy) is 1. The van der Waals surface area contributed by atoms with Gasteiger partial charge >= 0.3 is 0 Å². The van der Waals surface area contributed by atoms with Gasteiger partial charge in [0.2, 0.25) is 5.91 Å². The van der Waals surface area contributed by atoms with Crippen LogP contribution >= 0.6 is 11.8 Å². The van der Waals surface area contributed by atoms with Gasteiger partial charge in [0.25, 0.3) is 5.56 Å². The van der Waals surface area contributed by atoms with E-state index >= 15 is 0 Å². The Morgan fingerprint density at radius 2 is 1.97 bits per heavy atom. The lowest BCUT2D eigenvalue weighted by Crippen LogP contribution is -2.35. The van der Waals surface area contributed by atoms with Crippen molar-refractivity contribution in [1.82, 2.24) is 9.55 Å². The first-order valence-electron chi connectivity index (χ1n) is 10.1. The Bertz CT molecular complexity index is 1130. The highest BCUT2D eigenvalue weighted by atomic mass is 32.2. The van der Waals surface area contributed by atoms with Gasteiger partial charge in [-0.15, -0.1) is 0 Å². The highest BCUT2D eigenvalue weighted by Gasteiger charge is 2.29. The fourth-order valence-electron chi connectivity index (χ4n) is 3.80. The number of hydrogen-bond donors (Lipinski definition) is 0. The predicted octanol–water partition coefficient (Wildman–Crippen LogP) is 3.50. The number of amides is 1. The number of para-hydroxylation sites is 2. The molecule has 1 amide bonds. The first-order valence-corrected chi connectivity index (χ1v) is 11.0. The van der Waals surface area contributed by atoms with Crippen molar-refractivity contribution in [3.05, 3.63) is 64.4 Å². The Labute approximate surface area is 179 Å². The van der Waals surface area contributed by atoms with E-state index in [0.717, 1.165) is 12.1 Å². The number of carbonyl (C=O) groups is 1. The van der Waals surface area contributed by atoms with Gasteiger partial charge in [-0.1, -0.05) is 42.1 Å². The summed E-state index contributed by atoms with van der Waals surface area (Å²) in [6.45, 7) is 3.63. The molecule has 1 aliphatic heterocycles. The quantitative estimate of drug-likeness (QED) is 0.331. The van der Waals surface area contributed by atoms with Crippen molar-refractivity contribution in [2.24, 2.45) is 0 Å². The second-order valence-corrected chi connectivity index (χ2v) is 8.65. The van der Waals surface area contributed by atoms with E-state index in [1.165, 1.54) is 17.3 Å². The number of aromatic nitrogens is 2. The van der Waals surface area contributed by atoms with Crippen LogP contribution in [0.15, 0.2) is 58.5 Å². The summed E-state index contributed by atoms with van der Waals surface area (Å²) < 4.78 is 6.82. The van der Waals surface area contributed by atoms with Gasteiger partial charge < -0.3 is 9.64 Å². The Hall–Kier alpha value is -2.64. The van der Waals surface area contributed by atoms with Crippen LogP contribution in [0.3, 0.4) is 0 Å². The van der Waals surface area contributed by atoms with Crippen LogP contribution in [0.1, 0.15) is 18.9 Å². The monoisotopic (exact) mass is 423 g/mol. The Morgan fingerprint density at radius 1 is 1.20 bits per heavy atom. The highest BCUT2D eigenvalue weighted by Crippen LogP contribution is 2.31. The molecule has 2 aromatic carbocycles. The van der Waals surface area contributed by atoms with E-state index in [2.05, 4.69) is 6.07 Å². The van der Waals surface area contributed by atoms with Crippen LogP contribution in [0.4, 0.5) is 5.69 Å². The van der Waals surface area contributed by atoms with Crippen molar-refractivity contribution in [1.29, 1.82) is 0 Å². The minimum absolute atomic E-state index is 0.0378. The molecule has 30 heavy (non-hydrogen) atoms. The molecular formula is C23H25N3O3S. The van der Waals surface area contributed by atoms with Crippen molar-refractivity contribution in [3.8, 4) is 0 Å². The highest BCUT2D eigenvalue weighted by molar-refractivity contribution is 8.00. The number of thioether (sulfide) groups is 1. The number of hydrogen-bond acceptors (Lipinski definition) is 5. The molecule has 1 atom stereocenters. The second-order valence-electron chi connectivity index (χ2n) is 7.34. The number of anilines is 1.